The minimum absolute atomic E-state index is 0.589. The van der Waals surface area contributed by atoms with Crippen LogP contribution in [0.2, 0.25) is 5.02 Å². The van der Waals surface area contributed by atoms with E-state index in [1.807, 2.05) is 6.07 Å². The Balaban J connectivity index is 2.56. The van der Waals surface area contributed by atoms with Crippen LogP contribution >= 0.6 is 11.6 Å². The molecule has 1 aliphatic rings. The fourth-order valence-electron chi connectivity index (χ4n) is 1.95. The summed E-state index contributed by atoms with van der Waals surface area (Å²) in [7, 11) is 0. The Labute approximate surface area is 84.1 Å². The van der Waals surface area contributed by atoms with Gasteiger partial charge >= 0.3 is 0 Å². The van der Waals surface area contributed by atoms with Crippen molar-refractivity contribution in [1.29, 1.82) is 0 Å². The molecule has 0 unspecified atom stereocenters. The molecule has 0 radical (unpaired) electrons. The summed E-state index contributed by atoms with van der Waals surface area (Å²) < 4.78 is 0. The number of nitrogens with one attached hydrogen (secondary N) is 1. The lowest BCUT2D eigenvalue weighted by Crippen LogP contribution is -1.94. The Morgan fingerprint density at radius 3 is 2.85 bits per heavy atom. The molecule has 1 aromatic rings. The maximum atomic E-state index is 6.08. The standard InChI is InChI=1S/C11H14ClN/c1-7(2)8-3-4-10(12)11-9(8)5-6-13-11/h3-4,7,13H,5-6H2,1-2H3. The Hall–Kier alpha value is -0.690. The number of anilines is 1. The number of hydrogen-bond donors (Lipinski definition) is 1. The molecule has 0 saturated carbocycles. The normalized spacial score (nSPS) is 14.5. The van der Waals surface area contributed by atoms with Crippen LogP contribution in [-0.2, 0) is 6.42 Å². The van der Waals surface area contributed by atoms with Gasteiger partial charge in [-0.25, -0.2) is 0 Å². The van der Waals surface area contributed by atoms with Crippen LogP contribution in [0, 0.1) is 0 Å². The zero-order valence-electron chi connectivity index (χ0n) is 8.02. The predicted molar refractivity (Wildman–Crippen MR) is 57.7 cm³/mol. The summed E-state index contributed by atoms with van der Waals surface area (Å²) in [5.41, 5.74) is 4.01. The first-order valence-electron chi connectivity index (χ1n) is 4.75. The lowest BCUT2D eigenvalue weighted by molar-refractivity contribution is 0.849. The second-order valence-electron chi connectivity index (χ2n) is 3.82. The summed E-state index contributed by atoms with van der Waals surface area (Å²) in [5, 5.41) is 4.19. The van der Waals surface area contributed by atoms with Crippen molar-refractivity contribution in [3.8, 4) is 0 Å². The van der Waals surface area contributed by atoms with Crippen molar-refractivity contribution in [3.05, 3.63) is 28.3 Å². The third-order valence-electron chi connectivity index (χ3n) is 2.60. The molecule has 0 aromatic heterocycles. The lowest BCUT2D eigenvalue weighted by Gasteiger charge is -2.12. The highest BCUT2D eigenvalue weighted by Gasteiger charge is 2.18. The number of halogens is 1. The third-order valence-corrected chi connectivity index (χ3v) is 2.91. The van der Waals surface area contributed by atoms with Crippen molar-refractivity contribution in [2.24, 2.45) is 0 Å². The fraction of sp³-hybridized carbons (Fsp3) is 0.455. The van der Waals surface area contributed by atoms with Gasteiger partial charge in [0.2, 0.25) is 0 Å². The molecule has 1 N–H and O–H groups in total. The molecule has 1 heterocycles. The van der Waals surface area contributed by atoms with Crippen LogP contribution in [0.15, 0.2) is 12.1 Å². The first-order valence-corrected chi connectivity index (χ1v) is 5.13. The van der Waals surface area contributed by atoms with Crippen molar-refractivity contribution in [1.82, 2.24) is 0 Å². The third kappa shape index (κ3) is 1.42. The Morgan fingerprint density at radius 2 is 2.15 bits per heavy atom. The lowest BCUT2D eigenvalue weighted by atomic mass is 9.96. The smallest absolute Gasteiger partial charge is 0.0640 e. The molecule has 2 heteroatoms. The van der Waals surface area contributed by atoms with Gasteiger partial charge in [0.25, 0.3) is 0 Å². The summed E-state index contributed by atoms with van der Waals surface area (Å²) in [6, 6.07) is 4.15. The summed E-state index contributed by atoms with van der Waals surface area (Å²) in [6.45, 7) is 5.47. The summed E-state index contributed by atoms with van der Waals surface area (Å²) >= 11 is 6.08. The summed E-state index contributed by atoms with van der Waals surface area (Å²) in [4.78, 5) is 0. The number of rotatable bonds is 1. The molecular formula is C11H14ClN. The largest absolute Gasteiger partial charge is 0.383 e. The minimum atomic E-state index is 0.589. The van der Waals surface area contributed by atoms with Crippen molar-refractivity contribution in [3.63, 3.8) is 0 Å². The highest BCUT2D eigenvalue weighted by molar-refractivity contribution is 6.33. The summed E-state index contributed by atoms with van der Waals surface area (Å²) in [5.74, 6) is 0.589. The number of fused-ring (bicyclic) bond motifs is 1. The van der Waals surface area contributed by atoms with Gasteiger partial charge in [-0.15, -0.1) is 0 Å². The predicted octanol–water partition coefficient (Wildman–Crippen LogP) is 3.43. The first kappa shape index (κ1) is 8.89. The van der Waals surface area contributed by atoms with Crippen LogP contribution in [0.3, 0.4) is 0 Å². The van der Waals surface area contributed by atoms with E-state index in [1.165, 1.54) is 11.1 Å². The zero-order chi connectivity index (χ0) is 9.42. The van der Waals surface area contributed by atoms with Crippen LogP contribution in [-0.4, -0.2) is 6.54 Å². The van der Waals surface area contributed by atoms with Crippen LogP contribution in [0.1, 0.15) is 30.9 Å². The average Bonchev–Trinajstić information content (AvgIpc) is 2.53. The molecule has 0 amide bonds. The van der Waals surface area contributed by atoms with Gasteiger partial charge in [-0.3, -0.25) is 0 Å². The van der Waals surface area contributed by atoms with Crippen molar-refractivity contribution in [2.75, 3.05) is 11.9 Å². The summed E-state index contributed by atoms with van der Waals surface area (Å²) in [6.07, 6.45) is 1.11. The van der Waals surface area contributed by atoms with E-state index in [9.17, 15) is 0 Å². The SMILES string of the molecule is CC(C)c1ccc(Cl)c2c1CCN2. The quantitative estimate of drug-likeness (QED) is 0.724. The van der Waals surface area contributed by atoms with Gasteiger partial charge in [0.1, 0.15) is 0 Å². The Morgan fingerprint density at radius 1 is 1.38 bits per heavy atom. The average molecular weight is 196 g/mol. The molecule has 2 rings (SSSR count). The Bertz CT molecular complexity index is 331. The van der Waals surface area contributed by atoms with E-state index < -0.39 is 0 Å². The van der Waals surface area contributed by atoms with E-state index in [0.717, 1.165) is 23.7 Å². The second kappa shape index (κ2) is 3.22. The molecule has 0 bridgehead atoms. The van der Waals surface area contributed by atoms with Gasteiger partial charge in [0.15, 0.2) is 0 Å². The topological polar surface area (TPSA) is 12.0 Å². The maximum absolute atomic E-state index is 6.08. The molecule has 70 valence electrons. The van der Waals surface area contributed by atoms with Gasteiger partial charge < -0.3 is 5.32 Å². The van der Waals surface area contributed by atoms with Crippen LogP contribution in [0.25, 0.3) is 0 Å². The monoisotopic (exact) mass is 195 g/mol. The molecule has 0 aliphatic carbocycles. The van der Waals surface area contributed by atoms with Crippen LogP contribution in [0.4, 0.5) is 5.69 Å². The number of benzene rings is 1. The molecule has 0 saturated heterocycles. The van der Waals surface area contributed by atoms with Crippen LogP contribution < -0.4 is 5.32 Å². The van der Waals surface area contributed by atoms with Gasteiger partial charge in [0.05, 0.1) is 10.7 Å². The molecule has 1 aromatic carbocycles. The van der Waals surface area contributed by atoms with Gasteiger partial charge in [-0.2, -0.15) is 0 Å². The molecule has 0 spiro atoms. The van der Waals surface area contributed by atoms with Gasteiger partial charge in [-0.05, 0) is 29.5 Å². The Kier molecular flexibility index (Phi) is 2.20. The molecule has 13 heavy (non-hydrogen) atoms. The highest BCUT2D eigenvalue weighted by Crippen LogP contribution is 2.35. The van der Waals surface area contributed by atoms with E-state index in [1.54, 1.807) is 0 Å². The first-order chi connectivity index (χ1) is 6.20. The van der Waals surface area contributed by atoms with E-state index in [4.69, 9.17) is 11.6 Å². The molecule has 1 aliphatic heterocycles. The van der Waals surface area contributed by atoms with E-state index in [0.29, 0.717) is 5.92 Å². The highest BCUT2D eigenvalue weighted by atomic mass is 35.5. The van der Waals surface area contributed by atoms with E-state index >= 15 is 0 Å². The number of hydrogen-bond acceptors (Lipinski definition) is 1. The van der Waals surface area contributed by atoms with Gasteiger partial charge in [0, 0.05) is 6.54 Å². The molecule has 0 atom stereocenters. The van der Waals surface area contributed by atoms with E-state index in [-0.39, 0.29) is 0 Å². The van der Waals surface area contributed by atoms with E-state index in [2.05, 4.69) is 25.2 Å². The zero-order valence-corrected chi connectivity index (χ0v) is 8.78. The molecule has 0 fully saturated rings. The minimum Gasteiger partial charge on any atom is -0.383 e. The van der Waals surface area contributed by atoms with Crippen molar-refractivity contribution in [2.45, 2.75) is 26.2 Å². The molecule has 1 nitrogen and oxygen atoms in total. The van der Waals surface area contributed by atoms with Gasteiger partial charge in [-0.1, -0.05) is 31.5 Å². The second-order valence-corrected chi connectivity index (χ2v) is 4.23. The van der Waals surface area contributed by atoms with Crippen molar-refractivity contribution >= 4 is 17.3 Å². The van der Waals surface area contributed by atoms with Crippen LogP contribution in [0.5, 0.6) is 0 Å². The maximum Gasteiger partial charge on any atom is 0.0640 e. The molecular weight excluding hydrogens is 182 g/mol. The van der Waals surface area contributed by atoms with Crippen molar-refractivity contribution < 1.29 is 0 Å². The fourth-order valence-corrected chi connectivity index (χ4v) is 2.19.